The number of aromatic nitrogens is 2. The first-order chi connectivity index (χ1) is 13.2. The molecule has 1 amide bonds. The van der Waals surface area contributed by atoms with Crippen molar-refractivity contribution in [3.05, 3.63) is 77.1 Å². The number of hydrogen-bond donors (Lipinski definition) is 2. The Morgan fingerprint density at radius 2 is 2.11 bits per heavy atom. The zero-order valence-electron chi connectivity index (χ0n) is 15.2. The smallest absolute Gasteiger partial charge is 0.259 e. The van der Waals surface area contributed by atoms with Gasteiger partial charge in [0.2, 0.25) is 0 Å². The van der Waals surface area contributed by atoms with E-state index in [1.807, 2.05) is 24.3 Å². The summed E-state index contributed by atoms with van der Waals surface area (Å²) < 4.78 is 5.28. The molecule has 0 unspecified atom stereocenters. The number of fused-ring (bicyclic) bond motifs is 1. The molecule has 1 aliphatic rings. The van der Waals surface area contributed by atoms with Gasteiger partial charge >= 0.3 is 0 Å². The van der Waals surface area contributed by atoms with Gasteiger partial charge in [0, 0.05) is 37.2 Å². The average Bonchev–Trinajstić information content (AvgIpc) is 3.20. The average molecular weight is 362 g/mol. The number of amides is 1. The van der Waals surface area contributed by atoms with Crippen molar-refractivity contribution in [2.24, 2.45) is 0 Å². The van der Waals surface area contributed by atoms with Crippen molar-refractivity contribution in [3.63, 3.8) is 0 Å². The Hall–Kier alpha value is -3.12. The maximum Gasteiger partial charge on any atom is 0.259 e. The van der Waals surface area contributed by atoms with E-state index in [0.29, 0.717) is 11.3 Å². The van der Waals surface area contributed by atoms with Crippen LogP contribution in [0.4, 0.5) is 5.69 Å². The highest BCUT2D eigenvalue weighted by atomic mass is 16.5. The number of methoxy groups -OCH3 is 1. The Kier molecular flexibility index (Phi) is 4.89. The van der Waals surface area contributed by atoms with Crippen LogP contribution >= 0.6 is 0 Å². The van der Waals surface area contributed by atoms with E-state index in [1.54, 1.807) is 25.4 Å². The number of para-hydroxylation sites is 1. The molecule has 0 bridgehead atoms. The van der Waals surface area contributed by atoms with Crippen LogP contribution in [0.15, 0.2) is 54.7 Å². The fourth-order valence-corrected chi connectivity index (χ4v) is 3.47. The van der Waals surface area contributed by atoms with Gasteiger partial charge in [0.1, 0.15) is 5.75 Å². The standard InChI is InChI=1S/C21H22N4O2/c1-27-20-5-3-2-4-19(20)21(26)23-17-7-6-15-9-11-25(13-16(15)12-17)14-18-8-10-22-24-18/h2-8,10,12H,9,11,13-14H2,1H3,(H,22,24)(H,23,26). The van der Waals surface area contributed by atoms with Crippen molar-refractivity contribution in [2.75, 3.05) is 19.0 Å². The van der Waals surface area contributed by atoms with Gasteiger partial charge in [-0.2, -0.15) is 5.10 Å². The van der Waals surface area contributed by atoms with Gasteiger partial charge in [-0.1, -0.05) is 18.2 Å². The summed E-state index contributed by atoms with van der Waals surface area (Å²) in [4.78, 5) is 15.0. The molecule has 1 aromatic heterocycles. The SMILES string of the molecule is COc1ccccc1C(=O)Nc1ccc2c(c1)CN(Cc1ccn[nH]1)CC2. The Bertz CT molecular complexity index is 937. The molecular weight excluding hydrogens is 340 g/mol. The lowest BCUT2D eigenvalue weighted by Gasteiger charge is -2.28. The number of hydrogen-bond acceptors (Lipinski definition) is 4. The van der Waals surface area contributed by atoms with Crippen molar-refractivity contribution in [1.29, 1.82) is 0 Å². The molecule has 0 spiro atoms. The van der Waals surface area contributed by atoms with Crippen molar-refractivity contribution in [1.82, 2.24) is 15.1 Å². The quantitative estimate of drug-likeness (QED) is 0.731. The Morgan fingerprint density at radius 1 is 1.22 bits per heavy atom. The Morgan fingerprint density at radius 3 is 2.93 bits per heavy atom. The lowest BCUT2D eigenvalue weighted by atomic mass is 9.99. The molecule has 138 valence electrons. The topological polar surface area (TPSA) is 70.2 Å². The number of nitrogens with zero attached hydrogens (tertiary/aromatic N) is 2. The summed E-state index contributed by atoms with van der Waals surface area (Å²) >= 11 is 0. The van der Waals surface area contributed by atoms with E-state index in [1.165, 1.54) is 11.1 Å². The molecule has 6 heteroatoms. The van der Waals surface area contributed by atoms with Crippen LogP contribution in [0.5, 0.6) is 5.75 Å². The van der Waals surface area contributed by atoms with Crippen LogP contribution in [-0.2, 0) is 19.5 Å². The maximum atomic E-state index is 12.6. The number of nitrogens with one attached hydrogen (secondary N) is 2. The van der Waals surface area contributed by atoms with Crippen LogP contribution < -0.4 is 10.1 Å². The second-order valence-electron chi connectivity index (χ2n) is 6.68. The highest BCUT2D eigenvalue weighted by Gasteiger charge is 2.18. The monoisotopic (exact) mass is 362 g/mol. The fraction of sp³-hybridized carbons (Fsp3) is 0.238. The number of anilines is 1. The van der Waals surface area contributed by atoms with Crippen LogP contribution in [0.1, 0.15) is 27.2 Å². The molecule has 0 atom stereocenters. The minimum Gasteiger partial charge on any atom is -0.496 e. The van der Waals surface area contributed by atoms with Gasteiger partial charge in [0.25, 0.3) is 5.91 Å². The van der Waals surface area contributed by atoms with E-state index in [0.717, 1.165) is 37.4 Å². The minimum atomic E-state index is -0.169. The predicted octanol–water partition coefficient (Wildman–Crippen LogP) is 3.23. The van der Waals surface area contributed by atoms with Gasteiger partial charge in [-0.3, -0.25) is 14.8 Å². The lowest BCUT2D eigenvalue weighted by molar-refractivity contribution is 0.102. The molecule has 0 saturated carbocycles. The molecule has 2 heterocycles. The summed E-state index contributed by atoms with van der Waals surface area (Å²) in [6.07, 6.45) is 2.78. The maximum absolute atomic E-state index is 12.6. The summed E-state index contributed by atoms with van der Waals surface area (Å²) in [7, 11) is 1.57. The van der Waals surface area contributed by atoms with Crippen LogP contribution in [0.3, 0.4) is 0 Å². The second kappa shape index (κ2) is 7.63. The van der Waals surface area contributed by atoms with E-state index >= 15 is 0 Å². The van der Waals surface area contributed by atoms with E-state index in [-0.39, 0.29) is 5.91 Å². The molecule has 0 saturated heterocycles. The summed E-state index contributed by atoms with van der Waals surface area (Å²) in [5.74, 6) is 0.399. The number of benzene rings is 2. The highest BCUT2D eigenvalue weighted by molar-refractivity contribution is 6.06. The first kappa shape index (κ1) is 17.3. The largest absolute Gasteiger partial charge is 0.496 e. The molecule has 4 rings (SSSR count). The van der Waals surface area contributed by atoms with Crippen LogP contribution in [0.2, 0.25) is 0 Å². The first-order valence-electron chi connectivity index (χ1n) is 9.00. The van der Waals surface area contributed by atoms with Gasteiger partial charge in [0.15, 0.2) is 0 Å². The third kappa shape index (κ3) is 3.85. The number of carbonyl (C=O) groups excluding carboxylic acids is 1. The fourth-order valence-electron chi connectivity index (χ4n) is 3.47. The zero-order chi connectivity index (χ0) is 18.6. The third-order valence-electron chi connectivity index (χ3n) is 4.86. The molecular formula is C21H22N4O2. The number of carbonyl (C=O) groups is 1. The van der Waals surface area contributed by atoms with E-state index in [2.05, 4.69) is 32.5 Å². The lowest BCUT2D eigenvalue weighted by Crippen LogP contribution is -2.30. The van der Waals surface area contributed by atoms with Crippen LogP contribution in [0, 0.1) is 0 Å². The molecule has 1 aliphatic heterocycles. The van der Waals surface area contributed by atoms with Gasteiger partial charge in [-0.25, -0.2) is 0 Å². The van der Waals surface area contributed by atoms with E-state index < -0.39 is 0 Å². The molecule has 6 nitrogen and oxygen atoms in total. The van der Waals surface area contributed by atoms with Crippen molar-refractivity contribution >= 4 is 11.6 Å². The third-order valence-corrected chi connectivity index (χ3v) is 4.86. The summed E-state index contributed by atoms with van der Waals surface area (Å²) in [6, 6.07) is 15.4. The molecule has 0 fully saturated rings. The highest BCUT2D eigenvalue weighted by Crippen LogP contribution is 2.25. The van der Waals surface area contributed by atoms with E-state index in [4.69, 9.17) is 4.74 Å². The summed E-state index contributed by atoms with van der Waals surface area (Å²) in [5.41, 5.74) is 5.02. The minimum absolute atomic E-state index is 0.169. The second-order valence-corrected chi connectivity index (χ2v) is 6.68. The molecule has 2 N–H and O–H groups in total. The summed E-state index contributed by atoms with van der Waals surface area (Å²) in [6.45, 7) is 2.71. The van der Waals surface area contributed by atoms with Crippen molar-refractivity contribution < 1.29 is 9.53 Å². The zero-order valence-corrected chi connectivity index (χ0v) is 15.2. The van der Waals surface area contributed by atoms with Crippen LogP contribution in [-0.4, -0.2) is 34.7 Å². The van der Waals surface area contributed by atoms with Gasteiger partial charge in [-0.15, -0.1) is 0 Å². The first-order valence-corrected chi connectivity index (χ1v) is 9.00. The van der Waals surface area contributed by atoms with Crippen molar-refractivity contribution in [2.45, 2.75) is 19.5 Å². The number of rotatable bonds is 5. The van der Waals surface area contributed by atoms with Gasteiger partial charge in [-0.05, 0) is 47.9 Å². The van der Waals surface area contributed by atoms with Gasteiger partial charge in [0.05, 0.1) is 12.7 Å². The van der Waals surface area contributed by atoms with Crippen LogP contribution in [0.25, 0.3) is 0 Å². The Balaban J connectivity index is 1.48. The molecule has 2 aromatic carbocycles. The molecule has 27 heavy (non-hydrogen) atoms. The van der Waals surface area contributed by atoms with Gasteiger partial charge < -0.3 is 10.1 Å². The Labute approximate surface area is 158 Å². The van der Waals surface area contributed by atoms with E-state index in [9.17, 15) is 4.79 Å². The molecule has 0 aliphatic carbocycles. The normalized spacial score (nSPS) is 13.8. The number of H-pyrrole nitrogens is 1. The number of aromatic amines is 1. The number of ether oxygens (including phenoxy) is 1. The van der Waals surface area contributed by atoms with Crippen molar-refractivity contribution in [3.8, 4) is 5.75 Å². The predicted molar refractivity (Wildman–Crippen MR) is 104 cm³/mol. The summed E-state index contributed by atoms with van der Waals surface area (Å²) in [5, 5.41) is 10.0. The molecule has 0 radical (unpaired) electrons. The molecule has 3 aromatic rings.